The van der Waals surface area contributed by atoms with Crippen molar-refractivity contribution in [3.05, 3.63) is 83.4 Å². The molecule has 2 aromatic carbocycles. The molecule has 160 valence electrons. The molecule has 0 radical (unpaired) electrons. The normalized spacial score (nSPS) is 12.7. The third-order valence-electron chi connectivity index (χ3n) is 4.99. The summed E-state index contributed by atoms with van der Waals surface area (Å²) in [7, 11) is 0. The van der Waals surface area contributed by atoms with Crippen molar-refractivity contribution >= 4 is 0 Å². The van der Waals surface area contributed by atoms with E-state index in [0.717, 1.165) is 18.5 Å². The van der Waals surface area contributed by atoms with Gasteiger partial charge in [-0.25, -0.2) is 9.36 Å². The molecule has 0 saturated heterocycles. The number of hydrogen-bond acceptors (Lipinski definition) is 7. The minimum atomic E-state index is -0.350. The molecule has 0 bridgehead atoms. The summed E-state index contributed by atoms with van der Waals surface area (Å²) in [5.74, 6) is 1.36. The third kappa shape index (κ3) is 5.00. The van der Waals surface area contributed by atoms with Crippen LogP contribution in [-0.4, -0.2) is 47.0 Å². The molecule has 0 aliphatic carbocycles. The predicted octanol–water partition coefficient (Wildman–Crippen LogP) is 2.38. The van der Waals surface area contributed by atoms with Crippen molar-refractivity contribution in [2.75, 3.05) is 6.54 Å². The van der Waals surface area contributed by atoms with Crippen molar-refractivity contribution in [2.45, 2.75) is 45.3 Å². The van der Waals surface area contributed by atoms with Gasteiger partial charge in [-0.3, -0.25) is 0 Å². The maximum absolute atomic E-state index is 4.35. The van der Waals surface area contributed by atoms with E-state index in [-0.39, 0.29) is 11.6 Å². The molecule has 4 aromatic rings. The first-order chi connectivity index (χ1) is 15.0. The van der Waals surface area contributed by atoms with Crippen LogP contribution in [0.25, 0.3) is 0 Å². The van der Waals surface area contributed by atoms with Gasteiger partial charge < -0.3 is 5.32 Å². The maximum Gasteiger partial charge on any atom is 0.176 e. The Morgan fingerprint density at radius 1 is 0.806 bits per heavy atom. The zero-order chi connectivity index (χ0) is 21.7. The van der Waals surface area contributed by atoms with E-state index in [1.54, 1.807) is 4.68 Å². The van der Waals surface area contributed by atoms with E-state index in [0.29, 0.717) is 18.2 Å². The molecule has 1 unspecified atom stereocenters. The Balaban J connectivity index is 1.63. The van der Waals surface area contributed by atoms with E-state index in [1.807, 2.05) is 41.1 Å². The number of aromatic nitrogens is 8. The summed E-state index contributed by atoms with van der Waals surface area (Å²) in [6.45, 7) is 7.50. The van der Waals surface area contributed by atoms with Crippen LogP contribution in [0.4, 0.5) is 0 Å². The van der Waals surface area contributed by atoms with Crippen LogP contribution in [0.3, 0.4) is 0 Å². The fraction of sp³-hybridized carbons (Fsp3) is 0.364. The quantitative estimate of drug-likeness (QED) is 0.470. The smallest absolute Gasteiger partial charge is 0.176 e. The minimum absolute atomic E-state index is 0.282. The van der Waals surface area contributed by atoms with Crippen molar-refractivity contribution in [1.82, 2.24) is 45.7 Å². The fourth-order valence-electron chi connectivity index (χ4n) is 3.44. The van der Waals surface area contributed by atoms with Crippen LogP contribution >= 0.6 is 0 Å². The minimum Gasteiger partial charge on any atom is -0.301 e. The monoisotopic (exact) mass is 417 g/mol. The standard InChI is InChI=1S/C22H27N9/c1-22(2,3)31-21(25-27-29-31)19(23-15-14-17-10-6-4-7-11-17)20-24-26-28-30(20)16-18-12-8-5-9-13-18/h4-13,19,23H,14-16H2,1-3H3. The van der Waals surface area contributed by atoms with Gasteiger partial charge in [0.25, 0.3) is 0 Å². The lowest BCUT2D eigenvalue weighted by atomic mass is 10.1. The average Bonchev–Trinajstić information content (AvgIpc) is 3.43. The molecule has 0 saturated carbocycles. The predicted molar refractivity (Wildman–Crippen MR) is 116 cm³/mol. The number of tetrazole rings is 2. The summed E-state index contributed by atoms with van der Waals surface area (Å²) in [6.07, 6.45) is 0.870. The molecule has 9 nitrogen and oxygen atoms in total. The van der Waals surface area contributed by atoms with Crippen molar-refractivity contribution in [3.8, 4) is 0 Å². The Hall–Kier alpha value is -3.46. The summed E-state index contributed by atoms with van der Waals surface area (Å²) in [5.41, 5.74) is 2.10. The van der Waals surface area contributed by atoms with E-state index >= 15 is 0 Å². The van der Waals surface area contributed by atoms with Crippen molar-refractivity contribution in [1.29, 1.82) is 0 Å². The van der Waals surface area contributed by atoms with Crippen molar-refractivity contribution in [2.24, 2.45) is 0 Å². The summed E-state index contributed by atoms with van der Waals surface area (Å²) in [5, 5.41) is 28.6. The molecular formula is C22H27N9. The SMILES string of the molecule is CC(C)(C)n1nnnc1C(NCCc1ccccc1)c1nnnn1Cc1ccccc1. The van der Waals surface area contributed by atoms with Gasteiger partial charge in [-0.15, -0.1) is 10.2 Å². The molecule has 2 aromatic heterocycles. The molecule has 2 heterocycles. The van der Waals surface area contributed by atoms with Gasteiger partial charge in [-0.2, -0.15) is 0 Å². The van der Waals surface area contributed by atoms with Gasteiger partial charge in [-0.05, 0) is 59.2 Å². The first-order valence-electron chi connectivity index (χ1n) is 10.4. The molecule has 4 rings (SSSR count). The highest BCUT2D eigenvalue weighted by Gasteiger charge is 2.30. The number of hydrogen-bond donors (Lipinski definition) is 1. The lowest BCUT2D eigenvalue weighted by Gasteiger charge is -2.24. The molecule has 0 amide bonds. The Labute approximate surface area is 181 Å². The number of nitrogens with zero attached hydrogens (tertiary/aromatic N) is 8. The van der Waals surface area contributed by atoms with Gasteiger partial charge in [0.05, 0.1) is 12.1 Å². The molecule has 0 aliphatic rings. The van der Waals surface area contributed by atoms with Crippen LogP contribution in [0.5, 0.6) is 0 Å². The first kappa shape index (κ1) is 20.8. The highest BCUT2D eigenvalue weighted by molar-refractivity contribution is 5.18. The van der Waals surface area contributed by atoms with E-state index in [2.05, 4.69) is 81.4 Å². The number of rotatable bonds is 8. The Morgan fingerprint density at radius 3 is 2.10 bits per heavy atom. The second-order valence-electron chi connectivity index (χ2n) is 8.42. The summed E-state index contributed by atoms with van der Waals surface area (Å²) >= 11 is 0. The lowest BCUT2D eigenvalue weighted by molar-refractivity contribution is 0.322. The van der Waals surface area contributed by atoms with E-state index in [1.165, 1.54) is 5.56 Å². The molecular weight excluding hydrogens is 390 g/mol. The molecule has 1 atom stereocenters. The zero-order valence-electron chi connectivity index (χ0n) is 18.0. The average molecular weight is 418 g/mol. The highest BCUT2D eigenvalue weighted by atomic mass is 15.6. The summed E-state index contributed by atoms with van der Waals surface area (Å²) in [6, 6.07) is 20.1. The van der Waals surface area contributed by atoms with Gasteiger partial charge in [0, 0.05) is 6.54 Å². The molecule has 0 fully saturated rings. The second-order valence-corrected chi connectivity index (χ2v) is 8.42. The Kier molecular flexibility index (Phi) is 6.13. The van der Waals surface area contributed by atoms with E-state index < -0.39 is 0 Å². The van der Waals surface area contributed by atoms with Gasteiger partial charge in [0.1, 0.15) is 6.04 Å². The molecule has 31 heavy (non-hydrogen) atoms. The summed E-state index contributed by atoms with van der Waals surface area (Å²) in [4.78, 5) is 0. The van der Waals surface area contributed by atoms with Crippen molar-refractivity contribution in [3.63, 3.8) is 0 Å². The van der Waals surface area contributed by atoms with Crippen LogP contribution in [0.2, 0.25) is 0 Å². The highest BCUT2D eigenvalue weighted by Crippen LogP contribution is 2.23. The number of benzene rings is 2. The van der Waals surface area contributed by atoms with Gasteiger partial charge >= 0.3 is 0 Å². The lowest BCUT2D eigenvalue weighted by Crippen LogP contribution is -2.34. The van der Waals surface area contributed by atoms with E-state index in [4.69, 9.17) is 0 Å². The zero-order valence-corrected chi connectivity index (χ0v) is 18.0. The van der Waals surface area contributed by atoms with Crippen molar-refractivity contribution < 1.29 is 0 Å². The number of nitrogens with one attached hydrogen (secondary N) is 1. The van der Waals surface area contributed by atoms with Crippen LogP contribution in [0.15, 0.2) is 60.7 Å². The Morgan fingerprint density at radius 2 is 1.42 bits per heavy atom. The first-order valence-corrected chi connectivity index (χ1v) is 10.4. The largest absolute Gasteiger partial charge is 0.301 e. The Bertz CT molecular complexity index is 1080. The second kappa shape index (κ2) is 9.13. The third-order valence-corrected chi connectivity index (χ3v) is 4.99. The topological polar surface area (TPSA) is 99.2 Å². The van der Waals surface area contributed by atoms with E-state index in [9.17, 15) is 0 Å². The molecule has 9 heteroatoms. The van der Waals surface area contributed by atoms with Crippen LogP contribution in [0.1, 0.15) is 49.6 Å². The molecule has 0 spiro atoms. The van der Waals surface area contributed by atoms with Crippen LogP contribution < -0.4 is 5.32 Å². The van der Waals surface area contributed by atoms with Crippen LogP contribution in [0, 0.1) is 0 Å². The van der Waals surface area contributed by atoms with Gasteiger partial charge in [0.15, 0.2) is 11.6 Å². The van der Waals surface area contributed by atoms with Gasteiger partial charge in [0.2, 0.25) is 0 Å². The fourth-order valence-corrected chi connectivity index (χ4v) is 3.44. The maximum atomic E-state index is 4.35. The summed E-state index contributed by atoms with van der Waals surface area (Å²) < 4.78 is 3.63. The molecule has 1 N–H and O–H groups in total. The molecule has 0 aliphatic heterocycles. The van der Waals surface area contributed by atoms with Crippen LogP contribution in [-0.2, 0) is 18.5 Å². The van der Waals surface area contributed by atoms with Gasteiger partial charge in [-0.1, -0.05) is 60.7 Å².